The van der Waals surface area contributed by atoms with Crippen LogP contribution in [-0.4, -0.2) is 54.1 Å². The van der Waals surface area contributed by atoms with E-state index in [1.54, 1.807) is 0 Å². The van der Waals surface area contributed by atoms with Crippen molar-refractivity contribution in [1.29, 1.82) is 0 Å². The minimum atomic E-state index is 0.331. The van der Waals surface area contributed by atoms with Gasteiger partial charge < -0.3 is 10.6 Å². The molecule has 0 aromatic heterocycles. The molecule has 0 amide bonds. The second kappa shape index (κ2) is 5.94. The SMILES string of the molecule is CC(C)CN1CCC(CN)(N(CC2CC2)C2CC2)CC1. The number of hydrogen-bond donors (Lipinski definition) is 1. The van der Waals surface area contributed by atoms with Crippen molar-refractivity contribution in [2.24, 2.45) is 17.6 Å². The zero-order valence-electron chi connectivity index (χ0n) is 13.5. The van der Waals surface area contributed by atoms with Crippen LogP contribution >= 0.6 is 0 Å². The summed E-state index contributed by atoms with van der Waals surface area (Å²) in [6.45, 7) is 10.6. The fourth-order valence-electron chi connectivity index (χ4n) is 3.97. The molecular weight excluding hydrogens is 246 g/mol. The smallest absolute Gasteiger partial charge is 0.0359 e. The summed E-state index contributed by atoms with van der Waals surface area (Å²) >= 11 is 0. The zero-order valence-corrected chi connectivity index (χ0v) is 13.5. The first-order valence-electron chi connectivity index (χ1n) is 8.82. The molecule has 20 heavy (non-hydrogen) atoms. The first-order chi connectivity index (χ1) is 9.63. The van der Waals surface area contributed by atoms with Crippen molar-refractivity contribution in [3.63, 3.8) is 0 Å². The Labute approximate surface area is 124 Å². The van der Waals surface area contributed by atoms with Crippen LogP contribution in [0.2, 0.25) is 0 Å². The molecule has 0 aromatic carbocycles. The highest BCUT2D eigenvalue weighted by Crippen LogP contribution is 2.42. The van der Waals surface area contributed by atoms with Gasteiger partial charge in [-0.05, 0) is 63.5 Å². The zero-order chi connectivity index (χ0) is 14.2. The third kappa shape index (κ3) is 3.37. The van der Waals surface area contributed by atoms with Crippen molar-refractivity contribution < 1.29 is 0 Å². The molecule has 0 radical (unpaired) electrons. The van der Waals surface area contributed by atoms with Gasteiger partial charge in [0.05, 0.1) is 0 Å². The lowest BCUT2D eigenvalue weighted by Crippen LogP contribution is -2.60. The van der Waals surface area contributed by atoms with Crippen molar-refractivity contribution in [2.75, 3.05) is 32.7 Å². The van der Waals surface area contributed by atoms with Gasteiger partial charge >= 0.3 is 0 Å². The molecule has 116 valence electrons. The van der Waals surface area contributed by atoms with Crippen molar-refractivity contribution in [1.82, 2.24) is 9.80 Å². The number of nitrogens with zero attached hydrogens (tertiary/aromatic N) is 2. The molecule has 3 fully saturated rings. The molecule has 1 heterocycles. The molecule has 3 rings (SSSR count). The van der Waals surface area contributed by atoms with E-state index in [0.29, 0.717) is 5.54 Å². The highest BCUT2D eigenvalue weighted by Gasteiger charge is 2.46. The largest absolute Gasteiger partial charge is 0.329 e. The van der Waals surface area contributed by atoms with E-state index in [4.69, 9.17) is 5.73 Å². The Kier molecular flexibility index (Phi) is 4.40. The van der Waals surface area contributed by atoms with Gasteiger partial charge in [0.2, 0.25) is 0 Å². The second-order valence-electron chi connectivity index (χ2n) is 7.95. The highest BCUT2D eigenvalue weighted by molar-refractivity contribution is 5.03. The van der Waals surface area contributed by atoms with E-state index in [9.17, 15) is 0 Å². The van der Waals surface area contributed by atoms with Crippen LogP contribution in [0.25, 0.3) is 0 Å². The third-order valence-electron chi connectivity index (χ3n) is 5.54. The number of rotatable bonds is 7. The molecule has 0 aromatic rings. The lowest BCUT2D eigenvalue weighted by atomic mass is 9.84. The topological polar surface area (TPSA) is 32.5 Å². The molecule has 0 atom stereocenters. The summed E-state index contributed by atoms with van der Waals surface area (Å²) in [5, 5.41) is 0. The predicted octanol–water partition coefficient (Wildman–Crippen LogP) is 2.31. The van der Waals surface area contributed by atoms with Crippen LogP contribution < -0.4 is 5.73 Å². The molecule has 2 aliphatic carbocycles. The average Bonchev–Trinajstić information content (AvgIpc) is 3.29. The number of piperidine rings is 1. The van der Waals surface area contributed by atoms with E-state index in [-0.39, 0.29) is 0 Å². The minimum absolute atomic E-state index is 0.331. The summed E-state index contributed by atoms with van der Waals surface area (Å²) in [7, 11) is 0. The maximum absolute atomic E-state index is 6.29. The lowest BCUT2D eigenvalue weighted by Gasteiger charge is -2.49. The van der Waals surface area contributed by atoms with Crippen LogP contribution in [0.15, 0.2) is 0 Å². The predicted molar refractivity (Wildman–Crippen MR) is 84.7 cm³/mol. The van der Waals surface area contributed by atoms with E-state index in [1.807, 2.05) is 0 Å². The summed E-state index contributed by atoms with van der Waals surface area (Å²) < 4.78 is 0. The maximum Gasteiger partial charge on any atom is 0.0359 e. The van der Waals surface area contributed by atoms with Crippen LogP contribution in [0.5, 0.6) is 0 Å². The average molecular weight is 279 g/mol. The van der Waals surface area contributed by atoms with Gasteiger partial charge in [0.1, 0.15) is 0 Å². The summed E-state index contributed by atoms with van der Waals surface area (Å²) in [5.41, 5.74) is 6.62. The summed E-state index contributed by atoms with van der Waals surface area (Å²) in [5.74, 6) is 1.78. The van der Waals surface area contributed by atoms with Crippen LogP contribution in [0.3, 0.4) is 0 Å². The fourth-order valence-corrected chi connectivity index (χ4v) is 3.97. The monoisotopic (exact) mass is 279 g/mol. The molecule has 3 heteroatoms. The van der Waals surface area contributed by atoms with Crippen LogP contribution in [-0.2, 0) is 0 Å². The molecule has 0 spiro atoms. The Morgan fingerprint density at radius 1 is 1.15 bits per heavy atom. The second-order valence-corrected chi connectivity index (χ2v) is 7.95. The lowest BCUT2D eigenvalue weighted by molar-refractivity contribution is 0.0144. The van der Waals surface area contributed by atoms with Crippen molar-refractivity contribution in [3.8, 4) is 0 Å². The van der Waals surface area contributed by atoms with Gasteiger partial charge in [-0.3, -0.25) is 4.90 Å². The maximum atomic E-state index is 6.29. The van der Waals surface area contributed by atoms with E-state index < -0.39 is 0 Å². The Bertz CT molecular complexity index is 312. The van der Waals surface area contributed by atoms with Crippen molar-refractivity contribution in [2.45, 2.75) is 64.0 Å². The van der Waals surface area contributed by atoms with E-state index in [2.05, 4.69) is 23.6 Å². The molecule has 1 saturated heterocycles. The Morgan fingerprint density at radius 3 is 2.25 bits per heavy atom. The van der Waals surface area contributed by atoms with Gasteiger partial charge in [-0.25, -0.2) is 0 Å². The fraction of sp³-hybridized carbons (Fsp3) is 1.00. The molecule has 3 nitrogen and oxygen atoms in total. The first kappa shape index (κ1) is 14.8. The van der Waals surface area contributed by atoms with Crippen LogP contribution in [0.1, 0.15) is 52.4 Å². The quantitative estimate of drug-likeness (QED) is 0.776. The summed E-state index contributed by atoms with van der Waals surface area (Å²) in [6, 6.07) is 0.871. The normalized spacial score (nSPS) is 27.4. The standard InChI is InChI=1S/C17H33N3/c1-14(2)11-19-9-7-17(13-18,8-10-19)20(16-5-6-16)12-15-3-4-15/h14-16H,3-13,18H2,1-2H3. The Hall–Kier alpha value is -0.120. The third-order valence-corrected chi connectivity index (χ3v) is 5.54. The molecule has 2 N–H and O–H groups in total. The van der Waals surface area contributed by atoms with Crippen molar-refractivity contribution >= 4 is 0 Å². The van der Waals surface area contributed by atoms with Gasteiger partial charge in [0.25, 0.3) is 0 Å². The molecule has 1 aliphatic heterocycles. The van der Waals surface area contributed by atoms with Gasteiger partial charge in [0, 0.05) is 31.2 Å². The molecule has 2 saturated carbocycles. The summed E-state index contributed by atoms with van der Waals surface area (Å²) in [6.07, 6.45) is 8.35. The molecule has 0 bridgehead atoms. The van der Waals surface area contributed by atoms with Crippen molar-refractivity contribution in [3.05, 3.63) is 0 Å². The van der Waals surface area contributed by atoms with E-state index in [0.717, 1.165) is 24.4 Å². The summed E-state index contributed by atoms with van der Waals surface area (Å²) in [4.78, 5) is 5.51. The van der Waals surface area contributed by atoms with Gasteiger partial charge in [-0.15, -0.1) is 0 Å². The Balaban J connectivity index is 1.61. The van der Waals surface area contributed by atoms with Gasteiger partial charge in [0.15, 0.2) is 0 Å². The number of nitrogens with two attached hydrogens (primary N) is 1. The molecule has 0 unspecified atom stereocenters. The highest BCUT2D eigenvalue weighted by atomic mass is 15.3. The van der Waals surface area contributed by atoms with Gasteiger partial charge in [-0.1, -0.05) is 13.8 Å². The minimum Gasteiger partial charge on any atom is -0.329 e. The molecule has 3 aliphatic rings. The van der Waals surface area contributed by atoms with Crippen LogP contribution in [0.4, 0.5) is 0 Å². The van der Waals surface area contributed by atoms with E-state index >= 15 is 0 Å². The Morgan fingerprint density at radius 2 is 1.80 bits per heavy atom. The number of hydrogen-bond acceptors (Lipinski definition) is 3. The molecular formula is C17H33N3. The van der Waals surface area contributed by atoms with Crippen LogP contribution in [0, 0.1) is 11.8 Å². The van der Waals surface area contributed by atoms with E-state index in [1.165, 1.54) is 64.7 Å². The van der Waals surface area contributed by atoms with Gasteiger partial charge in [-0.2, -0.15) is 0 Å². The number of likely N-dealkylation sites (tertiary alicyclic amines) is 1. The first-order valence-corrected chi connectivity index (χ1v) is 8.82.